The Balaban J connectivity index is 2.51. The number of nitrogens with zero attached hydrogens (tertiary/aromatic N) is 3. The van der Waals surface area contributed by atoms with Gasteiger partial charge in [0.05, 0.1) is 5.56 Å². The highest BCUT2D eigenvalue weighted by Crippen LogP contribution is 2.35. The van der Waals surface area contributed by atoms with E-state index >= 15 is 0 Å². The molecule has 10 heteroatoms. The second-order valence-corrected chi connectivity index (χ2v) is 5.37. The molecule has 0 bridgehead atoms. The van der Waals surface area contributed by atoms with E-state index in [2.05, 4.69) is 4.98 Å². The van der Waals surface area contributed by atoms with Crippen molar-refractivity contribution in [3.8, 4) is 0 Å². The van der Waals surface area contributed by atoms with Gasteiger partial charge in [-0.15, -0.1) is 0 Å². The van der Waals surface area contributed by atoms with Gasteiger partial charge < -0.3 is 0 Å². The first-order chi connectivity index (χ1) is 11.0. The van der Waals surface area contributed by atoms with E-state index in [1.165, 1.54) is 13.8 Å². The molecule has 0 aromatic carbocycles. The molecule has 0 spiro atoms. The van der Waals surface area contributed by atoms with E-state index in [1.807, 2.05) is 0 Å². The Bertz CT molecular complexity index is 765. The number of halogens is 4. The van der Waals surface area contributed by atoms with Crippen LogP contribution >= 0.6 is 11.6 Å². The number of anilines is 1. The van der Waals surface area contributed by atoms with Crippen molar-refractivity contribution in [1.82, 2.24) is 9.99 Å². The van der Waals surface area contributed by atoms with Crippen LogP contribution in [0.25, 0.3) is 0 Å². The molecule has 0 fully saturated rings. The predicted molar refractivity (Wildman–Crippen MR) is 77.6 cm³/mol. The summed E-state index contributed by atoms with van der Waals surface area (Å²) in [5.74, 6) is -2.68. The number of amides is 3. The minimum atomic E-state index is -4.72. The van der Waals surface area contributed by atoms with E-state index in [0.29, 0.717) is 16.1 Å². The van der Waals surface area contributed by atoms with E-state index in [0.717, 1.165) is 13.0 Å². The number of carbonyl (C=O) groups is 3. The largest absolute Gasteiger partial charge is 0.419 e. The SMILES string of the molecule is CC(=O)N(c1ccc(C(F)(F)F)c(Cl)n1)N1C(=O)C(C)=C(C)C1=O. The zero-order valence-corrected chi connectivity index (χ0v) is 13.5. The van der Waals surface area contributed by atoms with Crippen molar-refractivity contribution in [2.75, 3.05) is 5.01 Å². The number of hydrogen-bond acceptors (Lipinski definition) is 4. The number of carbonyl (C=O) groups excluding carboxylic acids is 3. The monoisotopic (exact) mass is 361 g/mol. The molecule has 6 nitrogen and oxygen atoms in total. The maximum atomic E-state index is 12.7. The molecule has 1 aromatic rings. The number of aromatic nitrogens is 1. The second kappa shape index (κ2) is 5.90. The summed E-state index contributed by atoms with van der Waals surface area (Å²) in [7, 11) is 0. The van der Waals surface area contributed by atoms with E-state index in [9.17, 15) is 27.6 Å². The van der Waals surface area contributed by atoms with Crippen LogP contribution in [0.1, 0.15) is 26.3 Å². The van der Waals surface area contributed by atoms with Crippen LogP contribution in [0.15, 0.2) is 23.3 Å². The van der Waals surface area contributed by atoms with Crippen LogP contribution < -0.4 is 5.01 Å². The highest BCUT2D eigenvalue weighted by Gasteiger charge is 2.41. The molecule has 0 N–H and O–H groups in total. The summed E-state index contributed by atoms with van der Waals surface area (Å²) in [5.41, 5.74) is -0.936. The third-order valence-corrected chi connectivity index (χ3v) is 3.73. The van der Waals surface area contributed by atoms with Gasteiger partial charge in [0, 0.05) is 18.1 Å². The van der Waals surface area contributed by atoms with E-state index in [4.69, 9.17) is 11.6 Å². The fourth-order valence-corrected chi connectivity index (χ4v) is 2.33. The molecule has 1 aliphatic rings. The fraction of sp³-hybridized carbons (Fsp3) is 0.286. The van der Waals surface area contributed by atoms with Crippen molar-refractivity contribution in [1.29, 1.82) is 0 Å². The van der Waals surface area contributed by atoms with Crippen LogP contribution in [0.4, 0.5) is 19.0 Å². The van der Waals surface area contributed by atoms with Gasteiger partial charge >= 0.3 is 6.18 Å². The lowest BCUT2D eigenvalue weighted by molar-refractivity contribution is -0.142. The standard InChI is InChI=1S/C14H11ClF3N3O3/c1-6-7(2)13(24)21(12(6)23)20(8(3)22)10-5-4-9(11(15)19-10)14(16,17)18/h4-5H,1-3H3. The molecule has 3 amide bonds. The van der Waals surface area contributed by atoms with Crippen LogP contribution in [0.5, 0.6) is 0 Å². The quantitative estimate of drug-likeness (QED) is 0.600. The summed E-state index contributed by atoms with van der Waals surface area (Å²) in [4.78, 5) is 39.7. The van der Waals surface area contributed by atoms with Crippen molar-refractivity contribution in [3.05, 3.63) is 34.0 Å². The summed E-state index contributed by atoms with van der Waals surface area (Å²) >= 11 is 5.53. The molecule has 1 aliphatic heterocycles. The third kappa shape index (κ3) is 2.86. The maximum absolute atomic E-state index is 12.7. The predicted octanol–water partition coefficient (Wildman–Crippen LogP) is 2.73. The van der Waals surface area contributed by atoms with Crippen molar-refractivity contribution in [2.45, 2.75) is 26.9 Å². The molecule has 0 radical (unpaired) electrons. The Kier molecular flexibility index (Phi) is 4.40. The number of hydrogen-bond donors (Lipinski definition) is 0. The highest BCUT2D eigenvalue weighted by molar-refractivity contribution is 6.30. The average Bonchev–Trinajstić information content (AvgIpc) is 2.64. The lowest BCUT2D eigenvalue weighted by atomic mass is 10.2. The first-order valence-electron chi connectivity index (χ1n) is 6.57. The van der Waals surface area contributed by atoms with Crippen LogP contribution in [0.3, 0.4) is 0 Å². The Morgan fingerprint density at radius 1 is 1.17 bits per heavy atom. The minimum Gasteiger partial charge on any atom is -0.273 e. The first-order valence-corrected chi connectivity index (χ1v) is 6.95. The highest BCUT2D eigenvalue weighted by atomic mass is 35.5. The second-order valence-electron chi connectivity index (χ2n) is 5.01. The van der Waals surface area contributed by atoms with Gasteiger partial charge in [-0.25, -0.2) is 4.98 Å². The molecule has 1 aromatic heterocycles. The average molecular weight is 362 g/mol. The van der Waals surface area contributed by atoms with E-state index in [1.54, 1.807) is 0 Å². The Labute approximate surface area is 139 Å². The van der Waals surface area contributed by atoms with Gasteiger partial charge in [-0.3, -0.25) is 14.4 Å². The number of rotatable bonds is 2. The lowest BCUT2D eigenvalue weighted by Crippen LogP contribution is -2.50. The van der Waals surface area contributed by atoms with E-state index in [-0.39, 0.29) is 17.0 Å². The summed E-state index contributed by atoms with van der Waals surface area (Å²) in [6.07, 6.45) is -4.72. The van der Waals surface area contributed by atoms with Gasteiger partial charge in [0.25, 0.3) is 11.8 Å². The third-order valence-electron chi connectivity index (χ3n) is 3.44. The van der Waals surface area contributed by atoms with Crippen molar-refractivity contribution < 1.29 is 27.6 Å². The summed E-state index contributed by atoms with van der Waals surface area (Å²) < 4.78 is 38.2. The van der Waals surface area contributed by atoms with Crippen LogP contribution in [0.2, 0.25) is 5.15 Å². The maximum Gasteiger partial charge on any atom is 0.419 e. The molecular weight excluding hydrogens is 351 g/mol. The Hall–Kier alpha value is -2.42. The van der Waals surface area contributed by atoms with Gasteiger partial charge in [0.1, 0.15) is 5.15 Å². The number of imide groups is 1. The summed E-state index contributed by atoms with van der Waals surface area (Å²) in [6.45, 7) is 3.85. The topological polar surface area (TPSA) is 70.6 Å². The smallest absolute Gasteiger partial charge is 0.273 e. The number of alkyl halides is 3. The molecule has 0 atom stereocenters. The molecule has 0 saturated heterocycles. The Morgan fingerprint density at radius 2 is 1.67 bits per heavy atom. The summed E-state index contributed by atoms with van der Waals surface area (Å²) in [6, 6.07) is 1.48. The molecular formula is C14H11ClF3N3O3. The molecule has 0 saturated carbocycles. The number of hydrazine groups is 1. The van der Waals surface area contributed by atoms with Crippen molar-refractivity contribution in [3.63, 3.8) is 0 Å². The molecule has 0 unspecified atom stereocenters. The molecule has 0 aliphatic carbocycles. The van der Waals surface area contributed by atoms with Gasteiger partial charge in [-0.2, -0.15) is 23.2 Å². The van der Waals surface area contributed by atoms with E-state index < -0.39 is 34.6 Å². The molecule has 2 rings (SSSR count). The van der Waals surface area contributed by atoms with Gasteiger partial charge in [-0.05, 0) is 26.0 Å². The lowest BCUT2D eigenvalue weighted by Gasteiger charge is -2.28. The van der Waals surface area contributed by atoms with Crippen molar-refractivity contribution in [2.24, 2.45) is 0 Å². The molecule has 128 valence electrons. The van der Waals surface area contributed by atoms with Crippen LogP contribution in [0, 0.1) is 0 Å². The van der Waals surface area contributed by atoms with Crippen LogP contribution in [-0.2, 0) is 20.6 Å². The zero-order chi connectivity index (χ0) is 18.4. The van der Waals surface area contributed by atoms with Gasteiger partial charge in [0.15, 0.2) is 5.82 Å². The summed E-state index contributed by atoms with van der Waals surface area (Å²) in [5, 5.41) is 0.224. The van der Waals surface area contributed by atoms with Gasteiger partial charge in [-0.1, -0.05) is 11.6 Å². The van der Waals surface area contributed by atoms with Crippen molar-refractivity contribution >= 4 is 35.1 Å². The van der Waals surface area contributed by atoms with Gasteiger partial charge in [0.2, 0.25) is 5.91 Å². The fourth-order valence-electron chi connectivity index (χ4n) is 2.07. The normalized spacial score (nSPS) is 15.4. The van der Waals surface area contributed by atoms with Crippen LogP contribution in [-0.4, -0.2) is 27.7 Å². The minimum absolute atomic E-state index is 0.129. The zero-order valence-electron chi connectivity index (χ0n) is 12.7. The molecule has 24 heavy (non-hydrogen) atoms. The Morgan fingerprint density at radius 3 is 2.04 bits per heavy atom. The molecule has 2 heterocycles. The first kappa shape index (κ1) is 17.9. The number of pyridine rings is 1.